The molecular weight excluding hydrogens is 248 g/mol. The van der Waals surface area contributed by atoms with Gasteiger partial charge in [-0.15, -0.1) is 0 Å². The van der Waals surface area contributed by atoms with Crippen LogP contribution in [0.5, 0.6) is 0 Å². The minimum Gasteiger partial charge on any atom is -0.395 e. The summed E-state index contributed by atoms with van der Waals surface area (Å²) in [6.07, 6.45) is 5.18. The Morgan fingerprint density at radius 3 is 2.37 bits per heavy atom. The van der Waals surface area contributed by atoms with Gasteiger partial charge in [0.25, 0.3) is 0 Å². The summed E-state index contributed by atoms with van der Waals surface area (Å²) in [6, 6.07) is 0. The minimum atomic E-state index is -0.261. The summed E-state index contributed by atoms with van der Waals surface area (Å²) in [6.45, 7) is 0.195. The maximum atomic E-state index is 12.1. The van der Waals surface area contributed by atoms with Crippen molar-refractivity contribution in [2.24, 2.45) is 11.8 Å². The number of carbonyl (C=O) groups excluding carboxylic acids is 3. The number of allylic oxidation sites excluding steroid dienone is 2. The zero-order chi connectivity index (χ0) is 13.8. The summed E-state index contributed by atoms with van der Waals surface area (Å²) in [5, 5.41) is 11.1. The number of hydrogen-bond donors (Lipinski definition) is 2. The van der Waals surface area contributed by atoms with Crippen LogP contribution < -0.4 is 5.32 Å². The fourth-order valence-electron chi connectivity index (χ4n) is 2.59. The number of nitrogens with one attached hydrogen (secondary N) is 1. The molecule has 1 fully saturated rings. The normalized spacial score (nSPS) is 25.6. The van der Waals surface area contributed by atoms with Gasteiger partial charge in [-0.3, -0.25) is 19.3 Å². The highest BCUT2D eigenvalue weighted by atomic mass is 16.3. The monoisotopic (exact) mass is 266 g/mol. The lowest BCUT2D eigenvalue weighted by atomic mass is 9.85. The molecule has 3 amide bonds. The highest BCUT2D eigenvalue weighted by Gasteiger charge is 2.46. The molecule has 0 spiro atoms. The largest absolute Gasteiger partial charge is 0.395 e. The van der Waals surface area contributed by atoms with Gasteiger partial charge in [0, 0.05) is 19.5 Å². The van der Waals surface area contributed by atoms with Crippen molar-refractivity contribution in [3.63, 3.8) is 0 Å². The van der Waals surface area contributed by atoms with Crippen molar-refractivity contribution in [1.29, 1.82) is 0 Å². The van der Waals surface area contributed by atoms with E-state index in [1.54, 1.807) is 0 Å². The number of imide groups is 1. The van der Waals surface area contributed by atoms with Gasteiger partial charge in [-0.1, -0.05) is 12.2 Å². The van der Waals surface area contributed by atoms with E-state index in [0.29, 0.717) is 12.8 Å². The highest BCUT2D eigenvalue weighted by Crippen LogP contribution is 2.34. The molecule has 0 saturated carbocycles. The van der Waals surface area contributed by atoms with Crippen molar-refractivity contribution in [3.05, 3.63) is 12.2 Å². The van der Waals surface area contributed by atoms with E-state index >= 15 is 0 Å². The van der Waals surface area contributed by atoms with Crippen molar-refractivity contribution in [2.75, 3.05) is 19.7 Å². The number of fused-ring (bicyclic) bond motifs is 1. The Labute approximate surface area is 111 Å². The second-order valence-corrected chi connectivity index (χ2v) is 4.81. The van der Waals surface area contributed by atoms with Gasteiger partial charge in [0.1, 0.15) is 0 Å². The average molecular weight is 266 g/mol. The standard InChI is InChI=1S/C13H18N2O4/c16-8-6-14-11(17)5-7-15-12(18)9-3-1-2-4-10(9)13(15)19/h1-2,9-10,16H,3-8H2,(H,14,17)/t9-,10-/m0/s1. The molecular formula is C13H18N2O4. The Bertz CT molecular complexity index is 393. The van der Waals surface area contributed by atoms with E-state index in [1.807, 2.05) is 12.2 Å². The van der Waals surface area contributed by atoms with E-state index in [4.69, 9.17) is 5.11 Å². The topological polar surface area (TPSA) is 86.7 Å². The third-order valence-electron chi connectivity index (χ3n) is 3.60. The Kier molecular flexibility index (Phi) is 4.31. The first-order valence-electron chi connectivity index (χ1n) is 6.53. The Morgan fingerprint density at radius 1 is 1.26 bits per heavy atom. The molecule has 1 saturated heterocycles. The number of aliphatic hydroxyl groups excluding tert-OH is 1. The lowest BCUT2D eigenvalue weighted by Gasteiger charge is -2.14. The zero-order valence-electron chi connectivity index (χ0n) is 10.7. The first kappa shape index (κ1) is 13.7. The summed E-state index contributed by atoms with van der Waals surface area (Å²) in [5.41, 5.74) is 0. The number of hydrogen-bond acceptors (Lipinski definition) is 4. The molecule has 6 nitrogen and oxygen atoms in total. The SMILES string of the molecule is O=C(CCN1C(=O)[C@H]2CC=CC[C@@H]2C1=O)NCCO. The van der Waals surface area contributed by atoms with Gasteiger partial charge in [0.2, 0.25) is 17.7 Å². The maximum absolute atomic E-state index is 12.1. The number of nitrogens with zero attached hydrogens (tertiary/aromatic N) is 1. The minimum absolute atomic E-state index is 0.0876. The van der Waals surface area contributed by atoms with Gasteiger partial charge in [-0.25, -0.2) is 0 Å². The Morgan fingerprint density at radius 2 is 1.84 bits per heavy atom. The van der Waals surface area contributed by atoms with Crippen LogP contribution in [0.15, 0.2) is 12.2 Å². The molecule has 2 atom stereocenters. The van der Waals surface area contributed by atoms with E-state index < -0.39 is 0 Å². The second-order valence-electron chi connectivity index (χ2n) is 4.81. The fourth-order valence-corrected chi connectivity index (χ4v) is 2.59. The molecule has 2 aliphatic rings. The van der Waals surface area contributed by atoms with Crippen molar-refractivity contribution in [3.8, 4) is 0 Å². The van der Waals surface area contributed by atoms with Gasteiger partial charge in [0.15, 0.2) is 0 Å². The summed E-state index contributed by atoms with van der Waals surface area (Å²) in [5.74, 6) is -1.05. The first-order valence-corrected chi connectivity index (χ1v) is 6.53. The van der Waals surface area contributed by atoms with Crippen LogP contribution in [0.4, 0.5) is 0 Å². The Hall–Kier alpha value is -1.69. The van der Waals surface area contributed by atoms with E-state index in [2.05, 4.69) is 5.32 Å². The van der Waals surface area contributed by atoms with Gasteiger partial charge in [-0.2, -0.15) is 0 Å². The summed E-state index contributed by atoms with van der Waals surface area (Å²) < 4.78 is 0. The van der Waals surface area contributed by atoms with Crippen LogP contribution >= 0.6 is 0 Å². The van der Waals surface area contributed by atoms with Crippen LogP contribution in [-0.4, -0.2) is 47.4 Å². The number of carbonyl (C=O) groups is 3. The highest BCUT2D eigenvalue weighted by molar-refractivity contribution is 6.05. The lowest BCUT2D eigenvalue weighted by Crippen LogP contribution is -2.36. The van der Waals surface area contributed by atoms with Crippen molar-refractivity contribution in [1.82, 2.24) is 10.2 Å². The van der Waals surface area contributed by atoms with E-state index in [9.17, 15) is 14.4 Å². The van der Waals surface area contributed by atoms with Crippen LogP contribution in [0.2, 0.25) is 0 Å². The van der Waals surface area contributed by atoms with Crippen molar-refractivity contribution >= 4 is 17.7 Å². The smallest absolute Gasteiger partial charge is 0.233 e. The molecule has 2 N–H and O–H groups in total. The van der Waals surface area contributed by atoms with Crippen LogP contribution in [0.3, 0.4) is 0 Å². The van der Waals surface area contributed by atoms with Gasteiger partial charge < -0.3 is 10.4 Å². The van der Waals surface area contributed by atoms with Crippen molar-refractivity contribution in [2.45, 2.75) is 19.3 Å². The molecule has 0 radical (unpaired) electrons. The predicted octanol–water partition coefficient (Wildman–Crippen LogP) is -0.564. The average Bonchev–Trinajstić information content (AvgIpc) is 2.67. The third kappa shape index (κ3) is 2.84. The molecule has 0 aromatic carbocycles. The fraction of sp³-hybridized carbons (Fsp3) is 0.615. The predicted molar refractivity (Wildman–Crippen MR) is 66.8 cm³/mol. The quantitative estimate of drug-likeness (QED) is 0.515. The second kappa shape index (κ2) is 5.97. The molecule has 0 unspecified atom stereocenters. The third-order valence-corrected chi connectivity index (χ3v) is 3.60. The first-order chi connectivity index (χ1) is 9.15. The van der Waals surface area contributed by atoms with E-state index in [0.717, 1.165) is 0 Å². The Balaban J connectivity index is 1.89. The molecule has 1 aliphatic carbocycles. The number of aliphatic hydroxyl groups is 1. The van der Waals surface area contributed by atoms with Crippen LogP contribution in [-0.2, 0) is 14.4 Å². The van der Waals surface area contributed by atoms with E-state index in [1.165, 1.54) is 4.90 Å². The molecule has 1 heterocycles. The maximum Gasteiger partial charge on any atom is 0.233 e. The van der Waals surface area contributed by atoms with Crippen molar-refractivity contribution < 1.29 is 19.5 Å². The number of amides is 3. The van der Waals surface area contributed by atoms with Crippen LogP contribution in [0.25, 0.3) is 0 Å². The molecule has 19 heavy (non-hydrogen) atoms. The summed E-state index contributed by atoms with van der Waals surface area (Å²) in [7, 11) is 0. The molecule has 1 aliphatic heterocycles. The van der Waals surface area contributed by atoms with Gasteiger partial charge in [-0.05, 0) is 12.8 Å². The molecule has 0 aromatic heterocycles. The molecule has 2 rings (SSSR count). The molecule has 0 aromatic rings. The van der Waals surface area contributed by atoms with Gasteiger partial charge >= 0.3 is 0 Å². The summed E-state index contributed by atoms with van der Waals surface area (Å²) >= 11 is 0. The zero-order valence-corrected chi connectivity index (χ0v) is 10.7. The van der Waals surface area contributed by atoms with Crippen LogP contribution in [0, 0.1) is 11.8 Å². The molecule has 6 heteroatoms. The molecule has 104 valence electrons. The molecule has 0 bridgehead atoms. The van der Waals surface area contributed by atoms with E-state index in [-0.39, 0.29) is 55.7 Å². The number of likely N-dealkylation sites (tertiary alicyclic amines) is 1. The number of rotatable bonds is 5. The van der Waals surface area contributed by atoms with Gasteiger partial charge in [0.05, 0.1) is 18.4 Å². The summed E-state index contributed by atoms with van der Waals surface area (Å²) in [4.78, 5) is 36.8. The van der Waals surface area contributed by atoms with Crippen LogP contribution in [0.1, 0.15) is 19.3 Å². The lowest BCUT2D eigenvalue weighted by molar-refractivity contribution is -0.140.